The number of carbonyl (C=O) groups excluding carboxylic acids is 2. The number of amidine groups is 2. The zero-order valence-corrected chi connectivity index (χ0v) is 19.6. The predicted octanol–water partition coefficient (Wildman–Crippen LogP) is 0.224. The van der Waals surface area contributed by atoms with Crippen molar-refractivity contribution >= 4 is 41.1 Å². The van der Waals surface area contributed by atoms with Crippen molar-refractivity contribution in [2.24, 2.45) is 16.5 Å². The van der Waals surface area contributed by atoms with Crippen LogP contribution in [0.4, 0.5) is 5.69 Å². The van der Waals surface area contributed by atoms with Gasteiger partial charge >= 0.3 is 0 Å². The first-order valence-electron chi connectivity index (χ1n) is 10.5. The molecular formula is C23H27N9O4. The van der Waals surface area contributed by atoms with Crippen LogP contribution in [0.25, 0.3) is 0 Å². The number of benzene rings is 1. The van der Waals surface area contributed by atoms with Gasteiger partial charge in [-0.25, -0.2) is 0 Å². The van der Waals surface area contributed by atoms with Crippen molar-refractivity contribution < 1.29 is 19.4 Å². The van der Waals surface area contributed by atoms with E-state index in [0.29, 0.717) is 11.3 Å². The van der Waals surface area contributed by atoms with Crippen LogP contribution in [-0.4, -0.2) is 69.8 Å². The van der Waals surface area contributed by atoms with E-state index in [-0.39, 0.29) is 29.6 Å². The maximum Gasteiger partial charge on any atom is 0.260 e. The van der Waals surface area contributed by atoms with Gasteiger partial charge in [0.2, 0.25) is 0 Å². The summed E-state index contributed by atoms with van der Waals surface area (Å²) in [5, 5.41) is 44.8. The van der Waals surface area contributed by atoms with E-state index in [9.17, 15) is 14.7 Å². The number of amides is 2. The van der Waals surface area contributed by atoms with E-state index in [2.05, 4.69) is 10.3 Å². The maximum absolute atomic E-state index is 13.0. The van der Waals surface area contributed by atoms with Gasteiger partial charge in [-0.05, 0) is 50.3 Å². The number of aliphatic imine (C=N–C) groups is 1. The zero-order chi connectivity index (χ0) is 27.0. The van der Waals surface area contributed by atoms with E-state index >= 15 is 0 Å². The van der Waals surface area contributed by atoms with Crippen molar-refractivity contribution in [2.75, 3.05) is 11.9 Å². The van der Waals surface area contributed by atoms with Crippen LogP contribution in [0.3, 0.4) is 0 Å². The molecule has 1 aromatic rings. The molecule has 13 nitrogen and oxygen atoms in total. The number of hydrogen-bond acceptors (Lipinski definition) is 10. The smallest absolute Gasteiger partial charge is 0.260 e. The SMILES string of the molecule is CC1(C)CN(C(=N)/C=C\N=C(C=N)C=C(N)C#N)C(=O)C(C(O)C(=O)Nc2ccc(C(=N)N)cc2)O1. The van der Waals surface area contributed by atoms with Gasteiger partial charge in [0, 0.05) is 23.7 Å². The fourth-order valence-electron chi connectivity index (χ4n) is 3.13. The Morgan fingerprint density at radius 2 is 2.00 bits per heavy atom. The van der Waals surface area contributed by atoms with Crippen molar-refractivity contribution in [1.82, 2.24) is 4.90 Å². The van der Waals surface area contributed by atoms with Crippen LogP contribution < -0.4 is 16.8 Å². The van der Waals surface area contributed by atoms with Crippen molar-refractivity contribution in [3.05, 3.63) is 53.9 Å². The molecule has 1 heterocycles. The number of morpholine rings is 1. The van der Waals surface area contributed by atoms with Gasteiger partial charge < -0.3 is 32.0 Å². The third kappa shape index (κ3) is 7.16. The molecule has 0 aromatic heterocycles. The number of nitrogens with zero attached hydrogens (tertiary/aromatic N) is 3. The second-order valence-electron chi connectivity index (χ2n) is 8.26. The van der Waals surface area contributed by atoms with E-state index in [0.717, 1.165) is 17.3 Å². The number of carbonyl (C=O) groups is 2. The van der Waals surface area contributed by atoms with Gasteiger partial charge in [-0.2, -0.15) is 5.26 Å². The number of nitrogen functional groups attached to an aromatic ring is 1. The number of rotatable bonds is 8. The third-order valence-electron chi connectivity index (χ3n) is 4.84. The van der Waals surface area contributed by atoms with Crippen molar-refractivity contribution in [3.8, 4) is 6.07 Å². The minimum atomic E-state index is -1.88. The molecule has 0 spiro atoms. The van der Waals surface area contributed by atoms with E-state index in [4.69, 9.17) is 37.7 Å². The number of hydrogen-bond donors (Lipinski definition) is 7. The van der Waals surface area contributed by atoms with Gasteiger partial charge in [-0.15, -0.1) is 0 Å². The molecule has 1 fully saturated rings. The Hall–Kier alpha value is -4.67. The van der Waals surface area contributed by atoms with Crippen LogP contribution in [0.1, 0.15) is 19.4 Å². The first kappa shape index (κ1) is 27.6. The largest absolute Gasteiger partial charge is 0.390 e. The van der Waals surface area contributed by atoms with Crippen LogP contribution in [0.5, 0.6) is 0 Å². The van der Waals surface area contributed by atoms with Crippen molar-refractivity contribution in [3.63, 3.8) is 0 Å². The molecular weight excluding hydrogens is 466 g/mol. The van der Waals surface area contributed by atoms with Crippen LogP contribution in [0, 0.1) is 27.6 Å². The summed E-state index contributed by atoms with van der Waals surface area (Å²) in [6.45, 7) is 3.25. The first-order chi connectivity index (χ1) is 16.9. The summed E-state index contributed by atoms with van der Waals surface area (Å²) in [7, 11) is 0. The number of aliphatic hydroxyl groups is 1. The Morgan fingerprint density at radius 3 is 2.56 bits per heavy atom. The van der Waals surface area contributed by atoms with Gasteiger partial charge in [-0.1, -0.05) is 0 Å². The lowest BCUT2D eigenvalue weighted by atomic mass is 10.0. The molecule has 1 aliphatic rings. The molecule has 2 rings (SSSR count). The van der Waals surface area contributed by atoms with Gasteiger partial charge in [0.1, 0.15) is 23.4 Å². The normalized spacial score (nSPS) is 18.9. The number of ether oxygens (including phenoxy) is 1. The zero-order valence-electron chi connectivity index (χ0n) is 19.6. The molecule has 2 atom stereocenters. The highest BCUT2D eigenvalue weighted by Crippen LogP contribution is 2.25. The molecule has 1 aromatic carbocycles. The Kier molecular flexibility index (Phi) is 8.92. The molecule has 13 heteroatoms. The van der Waals surface area contributed by atoms with Crippen molar-refractivity contribution in [1.29, 1.82) is 21.5 Å². The Labute approximate surface area is 207 Å². The lowest BCUT2D eigenvalue weighted by Crippen LogP contribution is -2.62. The molecule has 9 N–H and O–H groups in total. The molecule has 1 saturated heterocycles. The molecule has 36 heavy (non-hydrogen) atoms. The quantitative estimate of drug-likeness (QED) is 0.151. The number of anilines is 1. The summed E-state index contributed by atoms with van der Waals surface area (Å²) in [6.07, 6.45) is 0.896. The first-order valence-corrected chi connectivity index (χ1v) is 10.5. The number of allylic oxidation sites excluding steroid dienone is 2. The summed E-state index contributed by atoms with van der Waals surface area (Å²) in [6, 6.07) is 7.71. The average Bonchev–Trinajstić information content (AvgIpc) is 2.83. The highest BCUT2D eigenvalue weighted by Gasteiger charge is 2.46. The summed E-state index contributed by atoms with van der Waals surface area (Å²) < 4.78 is 5.68. The second-order valence-corrected chi connectivity index (χ2v) is 8.26. The molecule has 0 radical (unpaired) electrons. The molecule has 2 unspecified atom stereocenters. The van der Waals surface area contributed by atoms with Gasteiger partial charge in [0.25, 0.3) is 11.8 Å². The van der Waals surface area contributed by atoms with E-state index in [1.54, 1.807) is 19.9 Å². The molecule has 188 valence electrons. The average molecular weight is 494 g/mol. The lowest BCUT2D eigenvalue weighted by Gasteiger charge is -2.42. The topological polar surface area (TPSA) is 239 Å². The summed E-state index contributed by atoms with van der Waals surface area (Å²) in [5.41, 5.74) is 10.4. The lowest BCUT2D eigenvalue weighted by molar-refractivity contribution is -0.185. The van der Waals surface area contributed by atoms with Crippen LogP contribution in [0.2, 0.25) is 0 Å². The molecule has 1 aliphatic heterocycles. The van der Waals surface area contributed by atoms with E-state index in [1.165, 1.54) is 36.4 Å². The maximum atomic E-state index is 13.0. The second kappa shape index (κ2) is 11.6. The Balaban J connectivity index is 2.18. The number of aliphatic hydroxyl groups excluding tert-OH is 1. The molecule has 0 saturated carbocycles. The van der Waals surface area contributed by atoms with E-state index < -0.39 is 29.6 Å². The van der Waals surface area contributed by atoms with Crippen molar-refractivity contribution in [2.45, 2.75) is 31.7 Å². The number of nitrogens with two attached hydrogens (primary N) is 2. The minimum Gasteiger partial charge on any atom is -0.390 e. The summed E-state index contributed by atoms with van der Waals surface area (Å²) in [5.74, 6) is -2.14. The third-order valence-corrected chi connectivity index (χ3v) is 4.84. The Morgan fingerprint density at radius 1 is 1.36 bits per heavy atom. The monoisotopic (exact) mass is 493 g/mol. The predicted molar refractivity (Wildman–Crippen MR) is 134 cm³/mol. The fourth-order valence-corrected chi connectivity index (χ4v) is 3.13. The fraction of sp³-hybridized carbons (Fsp3) is 0.261. The standard InChI is InChI=1S/C23H27N9O4/c1-23(2)12-32(17(27)7-8-30-16(11-25)9-14(26)10-24)22(35)19(36-23)18(33)21(34)31-15-5-3-13(4-6-15)20(28)29/h3-9,11,18-19,25,27,33H,12,26H2,1-2H3,(H3,28,29)(H,31,34)/b8-7-,14-9?,25-11?,27-17?,30-16?. The van der Waals surface area contributed by atoms with Crippen LogP contribution in [0.15, 0.2) is 53.3 Å². The van der Waals surface area contributed by atoms with Gasteiger partial charge in [0.15, 0.2) is 12.2 Å². The van der Waals surface area contributed by atoms with Crippen LogP contribution in [-0.2, 0) is 14.3 Å². The van der Waals surface area contributed by atoms with E-state index in [1.807, 2.05) is 0 Å². The number of nitriles is 1. The molecule has 0 bridgehead atoms. The summed E-state index contributed by atoms with van der Waals surface area (Å²) >= 11 is 0. The highest BCUT2D eigenvalue weighted by molar-refractivity contribution is 6.35. The number of nitrogens with one attached hydrogen (secondary N) is 4. The minimum absolute atomic E-state index is 0.0330. The van der Waals surface area contributed by atoms with Crippen LogP contribution >= 0.6 is 0 Å². The molecule has 0 aliphatic carbocycles. The Bertz CT molecular complexity index is 1190. The molecule has 2 amide bonds. The summed E-state index contributed by atoms with van der Waals surface area (Å²) in [4.78, 5) is 30.6. The van der Waals surface area contributed by atoms with Gasteiger partial charge in [-0.3, -0.25) is 30.3 Å². The van der Waals surface area contributed by atoms with Gasteiger partial charge in [0.05, 0.1) is 17.9 Å². The highest BCUT2D eigenvalue weighted by atomic mass is 16.5.